The normalized spacial score (nSPS) is 19.6. The van der Waals surface area contributed by atoms with Crippen LogP contribution in [0.3, 0.4) is 0 Å². The highest BCUT2D eigenvalue weighted by Gasteiger charge is 2.27. The third-order valence-corrected chi connectivity index (χ3v) is 5.57. The van der Waals surface area contributed by atoms with Crippen molar-refractivity contribution < 1.29 is 8.42 Å². The molecule has 0 spiro atoms. The first-order chi connectivity index (χ1) is 9.56. The number of aromatic nitrogens is 2. The zero-order chi connectivity index (χ0) is 14.2. The predicted octanol–water partition coefficient (Wildman–Crippen LogP) is 1.67. The maximum absolute atomic E-state index is 12.4. The molecule has 2 heterocycles. The highest BCUT2D eigenvalue weighted by Crippen LogP contribution is 2.24. The Bertz CT molecular complexity index is 742. The van der Waals surface area contributed by atoms with E-state index in [1.807, 2.05) is 6.07 Å². The number of rotatable bonds is 3. The van der Waals surface area contributed by atoms with Crippen molar-refractivity contribution in [1.82, 2.24) is 15.3 Å². The molecule has 1 aliphatic rings. The molecule has 3 rings (SSSR count). The van der Waals surface area contributed by atoms with Gasteiger partial charge >= 0.3 is 0 Å². The average molecular weight is 312 g/mol. The topological polar surface area (TPSA) is 72.0 Å². The van der Waals surface area contributed by atoms with Crippen molar-refractivity contribution >= 4 is 32.5 Å². The van der Waals surface area contributed by atoms with E-state index in [2.05, 4.69) is 15.3 Å². The Morgan fingerprint density at radius 2 is 1.95 bits per heavy atom. The largest absolute Gasteiger partial charge is 0.316 e. The first kappa shape index (κ1) is 13.7. The van der Waals surface area contributed by atoms with Crippen molar-refractivity contribution in [1.29, 1.82) is 0 Å². The molecule has 2 aromatic rings. The lowest BCUT2D eigenvalue weighted by atomic mass is 10.2. The van der Waals surface area contributed by atoms with Gasteiger partial charge in [0.25, 0.3) is 0 Å². The van der Waals surface area contributed by atoms with E-state index in [1.54, 1.807) is 18.2 Å². The SMILES string of the molecule is O=S(=O)(C[C@@H]1CCNC1)c1nc2ccccc2nc1Cl. The fraction of sp³-hybridized carbons (Fsp3) is 0.385. The van der Waals surface area contributed by atoms with Gasteiger partial charge < -0.3 is 5.32 Å². The Hall–Kier alpha value is -1.24. The van der Waals surface area contributed by atoms with Crippen molar-refractivity contribution in [3.05, 3.63) is 29.4 Å². The fourth-order valence-corrected chi connectivity index (χ4v) is 4.49. The summed E-state index contributed by atoms with van der Waals surface area (Å²) < 4.78 is 24.9. The van der Waals surface area contributed by atoms with E-state index in [0.29, 0.717) is 11.0 Å². The first-order valence-electron chi connectivity index (χ1n) is 6.42. The van der Waals surface area contributed by atoms with Gasteiger partial charge in [-0.25, -0.2) is 18.4 Å². The van der Waals surface area contributed by atoms with Crippen LogP contribution in [0.4, 0.5) is 0 Å². The Balaban J connectivity index is 2.01. The summed E-state index contributed by atoms with van der Waals surface area (Å²) in [6.45, 7) is 1.58. The van der Waals surface area contributed by atoms with Gasteiger partial charge in [0.15, 0.2) is 20.0 Å². The van der Waals surface area contributed by atoms with E-state index >= 15 is 0 Å². The Morgan fingerprint density at radius 1 is 1.25 bits per heavy atom. The van der Waals surface area contributed by atoms with Gasteiger partial charge in [0, 0.05) is 0 Å². The van der Waals surface area contributed by atoms with E-state index in [-0.39, 0.29) is 21.8 Å². The molecule has 1 atom stereocenters. The number of benzene rings is 1. The summed E-state index contributed by atoms with van der Waals surface area (Å²) in [5.41, 5.74) is 1.14. The van der Waals surface area contributed by atoms with Gasteiger partial charge in [-0.05, 0) is 37.6 Å². The van der Waals surface area contributed by atoms with Crippen molar-refractivity contribution in [2.45, 2.75) is 11.4 Å². The minimum Gasteiger partial charge on any atom is -0.316 e. The van der Waals surface area contributed by atoms with Crippen molar-refractivity contribution in [2.75, 3.05) is 18.8 Å². The summed E-state index contributed by atoms with van der Waals surface area (Å²) in [5.74, 6) is 0.177. The number of para-hydroxylation sites is 2. The maximum Gasteiger partial charge on any atom is 0.199 e. The quantitative estimate of drug-likeness (QED) is 0.933. The second-order valence-electron chi connectivity index (χ2n) is 4.95. The molecule has 5 nitrogen and oxygen atoms in total. The summed E-state index contributed by atoms with van der Waals surface area (Å²) in [6, 6.07) is 7.09. The molecule has 0 aliphatic carbocycles. The summed E-state index contributed by atoms with van der Waals surface area (Å²) in [4.78, 5) is 8.31. The molecule has 106 valence electrons. The number of fused-ring (bicyclic) bond motifs is 1. The molecule has 0 unspecified atom stereocenters. The summed E-state index contributed by atoms with van der Waals surface area (Å²) in [5, 5.41) is 3.00. The van der Waals surface area contributed by atoms with Crippen LogP contribution < -0.4 is 5.32 Å². The zero-order valence-corrected chi connectivity index (χ0v) is 12.3. The second-order valence-corrected chi connectivity index (χ2v) is 7.26. The lowest BCUT2D eigenvalue weighted by Crippen LogP contribution is -2.20. The van der Waals surface area contributed by atoms with Crippen LogP contribution in [-0.4, -0.2) is 37.2 Å². The van der Waals surface area contributed by atoms with Gasteiger partial charge in [-0.15, -0.1) is 0 Å². The third kappa shape index (κ3) is 2.63. The molecule has 0 saturated carbocycles. The van der Waals surface area contributed by atoms with Gasteiger partial charge in [-0.1, -0.05) is 23.7 Å². The summed E-state index contributed by atoms with van der Waals surface area (Å²) in [6.07, 6.45) is 0.859. The van der Waals surface area contributed by atoms with E-state index in [4.69, 9.17) is 11.6 Å². The zero-order valence-electron chi connectivity index (χ0n) is 10.7. The summed E-state index contributed by atoms with van der Waals surface area (Å²) in [7, 11) is -3.51. The molecule has 0 radical (unpaired) electrons. The molecule has 1 aromatic heterocycles. The molecule has 1 fully saturated rings. The molecule has 7 heteroatoms. The molecule has 1 aliphatic heterocycles. The van der Waals surface area contributed by atoms with Crippen molar-refractivity contribution in [3.63, 3.8) is 0 Å². The van der Waals surface area contributed by atoms with E-state index < -0.39 is 9.84 Å². The molecule has 1 saturated heterocycles. The lowest BCUT2D eigenvalue weighted by molar-refractivity contribution is 0.567. The van der Waals surface area contributed by atoms with Crippen LogP contribution in [-0.2, 0) is 9.84 Å². The fourth-order valence-electron chi connectivity index (χ4n) is 2.41. The van der Waals surface area contributed by atoms with Crippen LogP contribution in [0.25, 0.3) is 11.0 Å². The van der Waals surface area contributed by atoms with Crippen LogP contribution in [0, 0.1) is 5.92 Å². The van der Waals surface area contributed by atoms with Crippen LogP contribution in [0.2, 0.25) is 5.15 Å². The van der Waals surface area contributed by atoms with Crippen LogP contribution in [0.5, 0.6) is 0 Å². The van der Waals surface area contributed by atoms with E-state index in [9.17, 15) is 8.42 Å². The van der Waals surface area contributed by atoms with Gasteiger partial charge in [0.05, 0.1) is 16.8 Å². The number of nitrogens with one attached hydrogen (secondary N) is 1. The standard InChI is InChI=1S/C13H14ClN3O2S/c14-12-13(17-11-4-2-1-3-10(11)16-12)20(18,19)8-9-5-6-15-7-9/h1-4,9,15H,5-8H2/t9-/m1/s1. The van der Waals surface area contributed by atoms with Crippen LogP contribution in [0.1, 0.15) is 6.42 Å². The van der Waals surface area contributed by atoms with Gasteiger partial charge in [-0.3, -0.25) is 0 Å². The average Bonchev–Trinajstić information content (AvgIpc) is 2.90. The van der Waals surface area contributed by atoms with Crippen molar-refractivity contribution in [2.24, 2.45) is 5.92 Å². The maximum atomic E-state index is 12.4. The molecule has 0 bridgehead atoms. The van der Waals surface area contributed by atoms with Crippen LogP contribution in [0.15, 0.2) is 29.3 Å². The molecule has 0 amide bonds. The molecule has 20 heavy (non-hydrogen) atoms. The third-order valence-electron chi connectivity index (χ3n) is 3.41. The Morgan fingerprint density at radius 3 is 2.60 bits per heavy atom. The Kier molecular flexibility index (Phi) is 3.62. The van der Waals surface area contributed by atoms with Gasteiger partial charge in [0.2, 0.25) is 0 Å². The molecular formula is C13H14ClN3O2S. The monoisotopic (exact) mass is 311 g/mol. The number of halogens is 1. The van der Waals surface area contributed by atoms with E-state index in [0.717, 1.165) is 19.5 Å². The Labute approximate surface area is 122 Å². The lowest BCUT2D eigenvalue weighted by Gasteiger charge is -2.10. The van der Waals surface area contributed by atoms with E-state index in [1.165, 1.54) is 0 Å². The number of hydrogen-bond acceptors (Lipinski definition) is 5. The molecule has 1 N–H and O–H groups in total. The first-order valence-corrected chi connectivity index (χ1v) is 8.45. The predicted molar refractivity (Wildman–Crippen MR) is 77.6 cm³/mol. The number of sulfone groups is 1. The number of hydrogen-bond donors (Lipinski definition) is 1. The molecular weight excluding hydrogens is 298 g/mol. The van der Waals surface area contributed by atoms with Gasteiger partial charge in [0.1, 0.15) is 0 Å². The smallest absolute Gasteiger partial charge is 0.199 e. The minimum atomic E-state index is -3.51. The molecule has 1 aromatic carbocycles. The highest BCUT2D eigenvalue weighted by molar-refractivity contribution is 7.91. The highest BCUT2D eigenvalue weighted by atomic mass is 35.5. The summed E-state index contributed by atoms with van der Waals surface area (Å²) >= 11 is 6.00. The minimum absolute atomic E-state index is 0.0466. The van der Waals surface area contributed by atoms with Gasteiger partial charge in [-0.2, -0.15) is 0 Å². The van der Waals surface area contributed by atoms with Crippen LogP contribution >= 0.6 is 11.6 Å². The second kappa shape index (κ2) is 5.27. The number of nitrogens with zero attached hydrogens (tertiary/aromatic N) is 2. The van der Waals surface area contributed by atoms with Crippen molar-refractivity contribution in [3.8, 4) is 0 Å².